The summed E-state index contributed by atoms with van der Waals surface area (Å²) in [5.74, 6) is 1.71. The number of carboxylic acid groups (broad SMARTS) is 1. The fourth-order valence-corrected chi connectivity index (χ4v) is 3.66. The minimum atomic E-state index is -0.802. The molecule has 1 aromatic rings. The van der Waals surface area contributed by atoms with Gasteiger partial charge in [-0.2, -0.15) is 0 Å². The number of halogens is 1. The van der Waals surface area contributed by atoms with E-state index >= 15 is 0 Å². The number of hydrogen-bond acceptors (Lipinski definition) is 4. The van der Waals surface area contributed by atoms with Gasteiger partial charge in [0.25, 0.3) is 0 Å². The summed E-state index contributed by atoms with van der Waals surface area (Å²) in [5, 5.41) is 21.0. The van der Waals surface area contributed by atoms with E-state index in [9.17, 15) is 4.79 Å². The average molecular weight is 311 g/mol. The van der Waals surface area contributed by atoms with Crippen molar-refractivity contribution in [2.24, 2.45) is 11.8 Å². The van der Waals surface area contributed by atoms with Crippen LogP contribution in [0.1, 0.15) is 24.0 Å². The maximum absolute atomic E-state index is 11.0. The maximum Gasteiger partial charge on any atom is 0.407 e. The van der Waals surface area contributed by atoms with Gasteiger partial charge in [0, 0.05) is 19.1 Å². The lowest BCUT2D eigenvalue weighted by Crippen LogP contribution is -2.29. The molecule has 2 heterocycles. The lowest BCUT2D eigenvalue weighted by atomic mass is 10.0. The molecule has 1 aromatic heterocycles. The number of fused-ring (bicyclic) bond motifs is 1. The molecule has 2 fully saturated rings. The van der Waals surface area contributed by atoms with Crippen LogP contribution in [0.2, 0.25) is 5.15 Å². The monoisotopic (exact) mass is 310 g/mol. The Bertz CT molecular complexity index is 566. The predicted molar refractivity (Wildman–Crippen MR) is 79.7 cm³/mol. The number of anilines is 1. The standard InChI is InChI=1S/C14H19ClN4O2/c1-7-8(2)13(18-17-12(7)15)16-11-3-9-5-19(14(20)21)6-10(9)4-11/h9-11H,3-6H2,1-2H3,(H,16,18)(H,20,21)/t9-,10+,11-. The molecular formula is C14H19ClN4O2. The van der Waals surface area contributed by atoms with Gasteiger partial charge < -0.3 is 15.3 Å². The topological polar surface area (TPSA) is 78.4 Å². The molecule has 1 aliphatic heterocycles. The van der Waals surface area contributed by atoms with Crippen LogP contribution in [-0.2, 0) is 0 Å². The van der Waals surface area contributed by atoms with E-state index in [0.717, 1.165) is 29.8 Å². The minimum Gasteiger partial charge on any atom is -0.465 e. The molecule has 3 atom stereocenters. The van der Waals surface area contributed by atoms with Crippen molar-refractivity contribution in [3.8, 4) is 0 Å². The number of carbonyl (C=O) groups is 1. The predicted octanol–water partition coefficient (Wildman–Crippen LogP) is 2.55. The van der Waals surface area contributed by atoms with E-state index in [4.69, 9.17) is 16.7 Å². The summed E-state index contributed by atoms with van der Waals surface area (Å²) < 4.78 is 0. The van der Waals surface area contributed by atoms with Crippen LogP contribution in [0.5, 0.6) is 0 Å². The van der Waals surface area contributed by atoms with Crippen LogP contribution in [0.4, 0.5) is 10.6 Å². The first-order valence-electron chi connectivity index (χ1n) is 7.19. The molecule has 0 spiro atoms. The number of nitrogens with one attached hydrogen (secondary N) is 1. The van der Waals surface area contributed by atoms with Gasteiger partial charge in [0.15, 0.2) is 11.0 Å². The third-order valence-corrected chi connectivity index (χ3v) is 5.19. The lowest BCUT2D eigenvalue weighted by Gasteiger charge is -2.19. The van der Waals surface area contributed by atoms with E-state index in [0.29, 0.717) is 36.1 Å². The zero-order valence-corrected chi connectivity index (χ0v) is 12.9. The van der Waals surface area contributed by atoms with Crippen molar-refractivity contribution in [2.75, 3.05) is 18.4 Å². The molecule has 0 radical (unpaired) electrons. The summed E-state index contributed by atoms with van der Waals surface area (Å²) in [6, 6.07) is 0.338. The Morgan fingerprint density at radius 3 is 2.43 bits per heavy atom. The average Bonchev–Trinajstić information content (AvgIpc) is 2.97. The van der Waals surface area contributed by atoms with Gasteiger partial charge in [-0.05, 0) is 49.7 Å². The summed E-state index contributed by atoms with van der Waals surface area (Å²) in [6.45, 7) is 5.23. The van der Waals surface area contributed by atoms with Crippen LogP contribution in [0, 0.1) is 25.7 Å². The van der Waals surface area contributed by atoms with Crippen molar-refractivity contribution in [2.45, 2.75) is 32.7 Å². The molecule has 2 N–H and O–H groups in total. The highest BCUT2D eigenvalue weighted by molar-refractivity contribution is 6.30. The van der Waals surface area contributed by atoms with Crippen molar-refractivity contribution >= 4 is 23.5 Å². The highest BCUT2D eigenvalue weighted by Gasteiger charge is 2.42. The number of hydrogen-bond donors (Lipinski definition) is 2. The van der Waals surface area contributed by atoms with Crippen LogP contribution in [0.3, 0.4) is 0 Å². The third kappa shape index (κ3) is 2.64. The number of likely N-dealkylation sites (tertiary alicyclic amines) is 1. The molecular weight excluding hydrogens is 292 g/mol. The Morgan fingerprint density at radius 2 is 1.86 bits per heavy atom. The molecule has 0 bridgehead atoms. The summed E-state index contributed by atoms with van der Waals surface area (Å²) >= 11 is 5.96. The molecule has 2 aliphatic rings. The Morgan fingerprint density at radius 1 is 1.24 bits per heavy atom. The molecule has 114 valence electrons. The zero-order valence-electron chi connectivity index (χ0n) is 12.1. The lowest BCUT2D eigenvalue weighted by molar-refractivity contribution is 0.152. The summed E-state index contributed by atoms with van der Waals surface area (Å²) in [5.41, 5.74) is 1.98. The van der Waals surface area contributed by atoms with E-state index in [1.54, 1.807) is 0 Å². The smallest absolute Gasteiger partial charge is 0.407 e. The minimum absolute atomic E-state index is 0.338. The van der Waals surface area contributed by atoms with Crippen LogP contribution < -0.4 is 5.32 Å². The van der Waals surface area contributed by atoms with Crippen molar-refractivity contribution in [1.29, 1.82) is 0 Å². The number of aromatic nitrogens is 2. The number of rotatable bonds is 2. The molecule has 1 amide bonds. The van der Waals surface area contributed by atoms with Gasteiger partial charge in [0.2, 0.25) is 0 Å². The van der Waals surface area contributed by atoms with Crippen molar-refractivity contribution in [3.05, 3.63) is 16.3 Å². The Hall–Kier alpha value is -1.56. The molecule has 1 saturated carbocycles. The van der Waals surface area contributed by atoms with Crippen molar-refractivity contribution < 1.29 is 9.90 Å². The molecule has 0 unspecified atom stereocenters. The molecule has 0 aromatic carbocycles. The van der Waals surface area contributed by atoms with E-state index in [2.05, 4.69) is 15.5 Å². The Kier molecular flexibility index (Phi) is 3.65. The SMILES string of the molecule is Cc1c(Cl)nnc(N[C@@H]2C[C@@H]3CN(C(=O)O)C[C@@H]3C2)c1C. The van der Waals surface area contributed by atoms with Gasteiger partial charge >= 0.3 is 6.09 Å². The first-order chi connectivity index (χ1) is 9.95. The van der Waals surface area contributed by atoms with Gasteiger partial charge in [-0.15, -0.1) is 10.2 Å². The van der Waals surface area contributed by atoms with Crippen LogP contribution in [0.25, 0.3) is 0 Å². The van der Waals surface area contributed by atoms with E-state index in [1.807, 2.05) is 13.8 Å². The normalized spacial score (nSPS) is 27.8. The molecule has 7 heteroatoms. The van der Waals surface area contributed by atoms with E-state index < -0.39 is 6.09 Å². The Balaban J connectivity index is 1.65. The third-order valence-electron chi connectivity index (χ3n) is 4.83. The van der Waals surface area contributed by atoms with Gasteiger partial charge in [-0.1, -0.05) is 11.6 Å². The zero-order chi connectivity index (χ0) is 15.1. The van der Waals surface area contributed by atoms with Crippen molar-refractivity contribution in [3.63, 3.8) is 0 Å². The first kappa shape index (κ1) is 14.4. The second-order valence-electron chi connectivity index (χ2n) is 6.11. The fourth-order valence-electron chi connectivity index (χ4n) is 3.48. The molecule has 1 aliphatic carbocycles. The van der Waals surface area contributed by atoms with Crippen LogP contribution >= 0.6 is 11.6 Å². The highest BCUT2D eigenvalue weighted by Crippen LogP contribution is 2.39. The molecule has 1 saturated heterocycles. The van der Waals surface area contributed by atoms with Gasteiger partial charge in [-0.25, -0.2) is 4.79 Å². The van der Waals surface area contributed by atoms with Crippen LogP contribution in [0.15, 0.2) is 0 Å². The summed E-state index contributed by atoms with van der Waals surface area (Å²) in [7, 11) is 0. The number of nitrogens with zero attached hydrogens (tertiary/aromatic N) is 3. The largest absolute Gasteiger partial charge is 0.465 e. The second kappa shape index (κ2) is 5.33. The van der Waals surface area contributed by atoms with Gasteiger partial charge in [0.05, 0.1) is 0 Å². The molecule has 6 nitrogen and oxygen atoms in total. The van der Waals surface area contributed by atoms with E-state index in [1.165, 1.54) is 4.90 Å². The molecule has 21 heavy (non-hydrogen) atoms. The first-order valence-corrected chi connectivity index (χ1v) is 7.57. The quantitative estimate of drug-likeness (QED) is 0.877. The summed E-state index contributed by atoms with van der Waals surface area (Å²) in [6.07, 6.45) is 1.16. The second-order valence-corrected chi connectivity index (χ2v) is 6.47. The maximum atomic E-state index is 11.0. The fraction of sp³-hybridized carbons (Fsp3) is 0.643. The van der Waals surface area contributed by atoms with Gasteiger partial charge in [0.1, 0.15) is 0 Å². The number of amides is 1. The van der Waals surface area contributed by atoms with E-state index in [-0.39, 0.29) is 0 Å². The van der Waals surface area contributed by atoms with Crippen LogP contribution in [-0.4, -0.2) is 45.4 Å². The summed E-state index contributed by atoms with van der Waals surface area (Å²) in [4.78, 5) is 12.5. The molecule has 3 rings (SSSR count). The highest BCUT2D eigenvalue weighted by atomic mass is 35.5. The van der Waals surface area contributed by atoms with Gasteiger partial charge in [-0.3, -0.25) is 0 Å². The van der Waals surface area contributed by atoms with Crippen molar-refractivity contribution in [1.82, 2.24) is 15.1 Å². The Labute approximate surface area is 128 Å².